The Morgan fingerprint density at radius 1 is 1.30 bits per heavy atom. The molecule has 0 spiro atoms. The number of halogens is 1. The average Bonchev–Trinajstić information content (AvgIpc) is 2.99. The van der Waals surface area contributed by atoms with Crippen molar-refractivity contribution in [2.75, 3.05) is 11.9 Å². The molecule has 4 bridgehead atoms. The fourth-order valence-electron chi connectivity index (χ4n) is 6.79. The first kappa shape index (κ1) is 20.5. The van der Waals surface area contributed by atoms with Crippen LogP contribution in [0.3, 0.4) is 0 Å². The molecule has 160 valence electrons. The maximum Gasteiger partial charge on any atom is 0.312 e. The molecule has 4 saturated carbocycles. The van der Waals surface area contributed by atoms with Gasteiger partial charge in [0.05, 0.1) is 11.0 Å². The topological polar surface area (TPSA) is 79.2 Å². The molecule has 4 fully saturated rings. The molecule has 3 atom stereocenters. The molecule has 5 aliphatic rings. The number of ether oxygens (including phenoxy) is 1. The summed E-state index contributed by atoms with van der Waals surface area (Å²) in [5.74, 6) is 1.21. The highest BCUT2D eigenvalue weighted by molar-refractivity contribution is 9.10. The van der Waals surface area contributed by atoms with E-state index < -0.39 is 5.41 Å². The molecular weight excluding hydrogens is 464 g/mol. The van der Waals surface area contributed by atoms with Gasteiger partial charge >= 0.3 is 5.97 Å². The largest absolute Gasteiger partial charge is 0.455 e. The van der Waals surface area contributed by atoms with Crippen LogP contribution in [-0.2, 0) is 27.2 Å². The molecule has 0 radical (unpaired) electrons. The first-order chi connectivity index (χ1) is 14.3. The number of nitrogens with zero attached hydrogens (tertiary/aromatic N) is 1. The first-order valence-electron chi connectivity index (χ1n) is 11.0. The molecule has 30 heavy (non-hydrogen) atoms. The van der Waals surface area contributed by atoms with E-state index in [0.717, 1.165) is 56.9 Å². The normalized spacial score (nSPS) is 36.1. The maximum absolute atomic E-state index is 13.0. The summed E-state index contributed by atoms with van der Waals surface area (Å²) >= 11 is 5.42. The number of carbonyl (C=O) groups excluding carboxylic acids is 2. The molecule has 1 aromatic rings. The molecule has 3 unspecified atom stereocenters. The van der Waals surface area contributed by atoms with Gasteiger partial charge in [-0.15, -0.1) is 11.3 Å². The summed E-state index contributed by atoms with van der Waals surface area (Å²) in [7, 11) is 0. The second-order valence-corrected chi connectivity index (χ2v) is 13.0. The van der Waals surface area contributed by atoms with Crippen LogP contribution in [-0.4, -0.2) is 22.8 Å². The smallest absolute Gasteiger partial charge is 0.312 e. The van der Waals surface area contributed by atoms with Crippen LogP contribution in [0, 0.1) is 34.5 Å². The van der Waals surface area contributed by atoms with Crippen LogP contribution in [0.25, 0.3) is 0 Å². The maximum atomic E-state index is 13.0. The Bertz CT molecular complexity index is 935. The number of anilines is 1. The van der Waals surface area contributed by atoms with Gasteiger partial charge in [0.15, 0.2) is 6.61 Å². The average molecular weight is 491 g/mol. The molecule has 0 aromatic carbocycles. The molecule has 5 aliphatic carbocycles. The Kier molecular flexibility index (Phi) is 5.02. The Balaban J connectivity index is 1.23. The molecule has 1 heterocycles. The van der Waals surface area contributed by atoms with E-state index >= 15 is 0 Å². The summed E-state index contributed by atoms with van der Waals surface area (Å²) in [6, 6.07) is 2.26. The third-order valence-corrected chi connectivity index (χ3v) is 9.73. The van der Waals surface area contributed by atoms with Gasteiger partial charge in [0.1, 0.15) is 11.1 Å². The van der Waals surface area contributed by atoms with Gasteiger partial charge in [-0.3, -0.25) is 9.59 Å². The van der Waals surface area contributed by atoms with E-state index in [1.807, 2.05) is 0 Å². The standard InChI is InChI=1S/C23H27BrN2O3S/c1-13-2-3-16-17(10-25)20(30-18(16)4-13)26-19(27)11-29-21(28)22-6-14-5-15(7-22)9-23(24,8-14)12-22/h13-15H,2-9,11-12H2,1H3,(H,26,27). The van der Waals surface area contributed by atoms with Crippen LogP contribution in [0.5, 0.6) is 0 Å². The lowest BCUT2D eigenvalue weighted by Crippen LogP contribution is -2.56. The number of hydrogen-bond acceptors (Lipinski definition) is 5. The van der Waals surface area contributed by atoms with E-state index in [9.17, 15) is 14.9 Å². The van der Waals surface area contributed by atoms with Crippen molar-refractivity contribution in [3.05, 3.63) is 16.0 Å². The molecule has 6 rings (SSSR count). The highest BCUT2D eigenvalue weighted by Gasteiger charge is 2.60. The van der Waals surface area contributed by atoms with Gasteiger partial charge in [-0.05, 0) is 81.1 Å². The molecule has 5 nitrogen and oxygen atoms in total. The van der Waals surface area contributed by atoms with Crippen molar-refractivity contribution in [1.29, 1.82) is 5.26 Å². The SMILES string of the molecule is CC1CCc2c(sc(NC(=O)COC(=O)C34CC5CC(CC(Br)(C5)C3)C4)c2C#N)C1. The van der Waals surface area contributed by atoms with E-state index in [4.69, 9.17) is 4.74 Å². The second kappa shape index (κ2) is 7.34. The van der Waals surface area contributed by atoms with Crippen LogP contribution in [0.2, 0.25) is 0 Å². The summed E-state index contributed by atoms with van der Waals surface area (Å²) in [4.78, 5) is 26.8. The minimum atomic E-state index is -0.427. The summed E-state index contributed by atoms with van der Waals surface area (Å²) in [5.41, 5.74) is 1.25. The number of hydrogen-bond donors (Lipinski definition) is 1. The monoisotopic (exact) mass is 490 g/mol. The number of carbonyl (C=O) groups is 2. The molecule has 1 aromatic heterocycles. The number of nitriles is 1. The van der Waals surface area contributed by atoms with E-state index in [1.54, 1.807) is 0 Å². The summed E-state index contributed by atoms with van der Waals surface area (Å²) in [5, 5.41) is 13.0. The number of thiophene rings is 1. The number of fused-ring (bicyclic) bond motifs is 1. The predicted octanol–water partition coefficient (Wildman–Crippen LogP) is 4.96. The van der Waals surface area contributed by atoms with Crippen molar-refractivity contribution < 1.29 is 14.3 Å². The Labute approximate surface area is 189 Å². The van der Waals surface area contributed by atoms with Gasteiger partial charge in [-0.1, -0.05) is 22.9 Å². The lowest BCUT2D eigenvalue weighted by Gasteiger charge is -2.58. The molecule has 1 N–H and O–H groups in total. The number of esters is 1. The van der Waals surface area contributed by atoms with Crippen molar-refractivity contribution in [2.45, 2.75) is 69.0 Å². The van der Waals surface area contributed by atoms with Gasteiger partial charge in [-0.2, -0.15) is 5.26 Å². The van der Waals surface area contributed by atoms with Gasteiger partial charge in [0, 0.05) is 9.20 Å². The van der Waals surface area contributed by atoms with Crippen LogP contribution in [0.15, 0.2) is 0 Å². The number of amides is 1. The van der Waals surface area contributed by atoms with E-state index in [2.05, 4.69) is 34.2 Å². The van der Waals surface area contributed by atoms with Crippen molar-refractivity contribution in [1.82, 2.24) is 0 Å². The quantitative estimate of drug-likeness (QED) is 0.477. The summed E-state index contributed by atoms with van der Waals surface area (Å²) in [6.07, 6.45) is 9.05. The molecule has 1 amide bonds. The van der Waals surface area contributed by atoms with Gasteiger partial charge in [0.25, 0.3) is 5.91 Å². The van der Waals surface area contributed by atoms with Crippen LogP contribution in [0.1, 0.15) is 67.9 Å². The number of alkyl halides is 1. The van der Waals surface area contributed by atoms with Crippen molar-refractivity contribution >= 4 is 44.1 Å². The lowest BCUT2D eigenvalue weighted by molar-refractivity contribution is -0.170. The van der Waals surface area contributed by atoms with Gasteiger partial charge in [0.2, 0.25) is 0 Å². The highest BCUT2D eigenvalue weighted by Crippen LogP contribution is 2.64. The summed E-state index contributed by atoms with van der Waals surface area (Å²) in [6.45, 7) is 1.93. The highest BCUT2D eigenvalue weighted by atomic mass is 79.9. The number of nitrogens with one attached hydrogen (secondary N) is 1. The summed E-state index contributed by atoms with van der Waals surface area (Å²) < 4.78 is 5.63. The first-order valence-corrected chi connectivity index (χ1v) is 12.6. The van der Waals surface area contributed by atoms with Gasteiger partial charge in [-0.25, -0.2) is 0 Å². The molecule has 0 aliphatic heterocycles. The van der Waals surface area contributed by atoms with Crippen molar-refractivity contribution in [3.8, 4) is 6.07 Å². The van der Waals surface area contributed by atoms with E-state index in [-0.39, 0.29) is 22.8 Å². The second-order valence-electron chi connectivity index (χ2n) is 10.2. The predicted molar refractivity (Wildman–Crippen MR) is 119 cm³/mol. The minimum Gasteiger partial charge on any atom is -0.455 e. The van der Waals surface area contributed by atoms with Crippen LogP contribution >= 0.6 is 27.3 Å². The zero-order valence-corrected chi connectivity index (χ0v) is 19.7. The Morgan fingerprint density at radius 2 is 2.03 bits per heavy atom. The van der Waals surface area contributed by atoms with Gasteiger partial charge < -0.3 is 10.1 Å². The Hall–Kier alpha value is -1.39. The van der Waals surface area contributed by atoms with Crippen molar-refractivity contribution in [3.63, 3.8) is 0 Å². The Morgan fingerprint density at radius 3 is 2.70 bits per heavy atom. The minimum absolute atomic E-state index is 0.0766. The van der Waals surface area contributed by atoms with Crippen LogP contribution in [0.4, 0.5) is 5.00 Å². The molecular formula is C23H27BrN2O3S. The fourth-order valence-corrected chi connectivity index (χ4v) is 9.62. The third kappa shape index (κ3) is 3.50. The number of rotatable bonds is 4. The van der Waals surface area contributed by atoms with E-state index in [1.165, 1.54) is 22.6 Å². The molecule has 7 heteroatoms. The van der Waals surface area contributed by atoms with E-state index in [0.29, 0.717) is 28.3 Å². The zero-order valence-electron chi connectivity index (χ0n) is 17.3. The van der Waals surface area contributed by atoms with Crippen LogP contribution < -0.4 is 5.32 Å². The third-order valence-electron chi connectivity index (χ3n) is 7.63. The zero-order chi connectivity index (χ0) is 21.1. The van der Waals surface area contributed by atoms with Crippen molar-refractivity contribution in [2.24, 2.45) is 23.2 Å². The lowest BCUT2D eigenvalue weighted by atomic mass is 9.49. The molecule has 0 saturated heterocycles. The fraction of sp³-hybridized carbons (Fsp3) is 0.696.